The number of hydrogen-bond acceptors (Lipinski definition) is 3. The molecule has 1 heterocycles. The molecule has 2 rings (SSSR count). The molecule has 1 aromatic heterocycles. The highest BCUT2D eigenvalue weighted by atomic mass is 16.1. The summed E-state index contributed by atoms with van der Waals surface area (Å²) in [4.78, 5) is 11.7. The summed E-state index contributed by atoms with van der Waals surface area (Å²) in [5.41, 5.74) is 2.13. The van der Waals surface area contributed by atoms with E-state index in [-0.39, 0.29) is 12.1 Å². The first-order valence-corrected chi connectivity index (χ1v) is 5.54. The fourth-order valence-electron chi connectivity index (χ4n) is 2.41. The smallest absolute Gasteiger partial charge is 0.251 e. The van der Waals surface area contributed by atoms with E-state index in [1.165, 1.54) is 5.56 Å². The van der Waals surface area contributed by atoms with E-state index in [2.05, 4.69) is 11.4 Å². The molecule has 1 N–H and O–H groups in total. The lowest BCUT2D eigenvalue weighted by Crippen LogP contribution is -2.30. The van der Waals surface area contributed by atoms with Crippen molar-refractivity contribution in [3.63, 3.8) is 0 Å². The summed E-state index contributed by atoms with van der Waals surface area (Å²) in [5.74, 6) is 0. The second-order valence-electron chi connectivity index (χ2n) is 4.05. The highest BCUT2D eigenvalue weighted by Gasteiger charge is 2.21. The zero-order chi connectivity index (χ0) is 11.5. The van der Waals surface area contributed by atoms with Crippen LogP contribution in [0.4, 0.5) is 0 Å². The maximum Gasteiger partial charge on any atom is 0.251 e. The molecule has 1 unspecified atom stereocenters. The maximum absolute atomic E-state index is 11.7. The van der Waals surface area contributed by atoms with Crippen LogP contribution in [-0.4, -0.2) is 11.6 Å². The number of hydrogen-bond donors (Lipinski definition) is 1. The molecule has 4 nitrogen and oxygen atoms in total. The molecule has 16 heavy (non-hydrogen) atoms. The molecule has 0 radical (unpaired) electrons. The lowest BCUT2D eigenvalue weighted by Gasteiger charge is -2.26. The lowest BCUT2D eigenvalue weighted by molar-refractivity contribution is 0.474. The van der Waals surface area contributed by atoms with Gasteiger partial charge < -0.3 is 5.32 Å². The minimum atomic E-state index is -0.0722. The van der Waals surface area contributed by atoms with E-state index in [0.29, 0.717) is 6.04 Å². The first-order valence-electron chi connectivity index (χ1n) is 5.54. The highest BCUT2D eigenvalue weighted by Crippen LogP contribution is 2.28. The van der Waals surface area contributed by atoms with Gasteiger partial charge >= 0.3 is 0 Å². The fourth-order valence-corrected chi connectivity index (χ4v) is 2.41. The number of nitriles is 1. The molecular formula is C12H15N3O. The van der Waals surface area contributed by atoms with Gasteiger partial charge in [0.15, 0.2) is 0 Å². The molecule has 0 saturated heterocycles. The fraction of sp³-hybridized carbons (Fsp3) is 0.500. The largest absolute Gasteiger partial charge is 0.313 e. The van der Waals surface area contributed by atoms with Crippen LogP contribution < -0.4 is 10.9 Å². The molecular weight excluding hydrogens is 202 g/mol. The van der Waals surface area contributed by atoms with Gasteiger partial charge in [-0.3, -0.25) is 9.36 Å². The van der Waals surface area contributed by atoms with Crippen molar-refractivity contribution in [1.29, 1.82) is 5.26 Å². The van der Waals surface area contributed by atoms with Gasteiger partial charge in [0, 0.05) is 17.8 Å². The van der Waals surface area contributed by atoms with Crippen molar-refractivity contribution in [3.05, 3.63) is 33.7 Å². The predicted molar refractivity (Wildman–Crippen MR) is 61.1 cm³/mol. The lowest BCUT2D eigenvalue weighted by atomic mass is 9.91. The van der Waals surface area contributed by atoms with Crippen molar-refractivity contribution >= 4 is 0 Å². The SMILES string of the molecule is CNC1CCCc2c1ccc(=O)n2CC#N. The van der Waals surface area contributed by atoms with Crippen molar-refractivity contribution in [2.24, 2.45) is 0 Å². The normalized spacial score (nSPS) is 18.9. The van der Waals surface area contributed by atoms with Crippen LogP contribution in [0.25, 0.3) is 0 Å². The zero-order valence-electron chi connectivity index (χ0n) is 9.36. The molecule has 0 bridgehead atoms. The summed E-state index contributed by atoms with van der Waals surface area (Å²) >= 11 is 0. The molecule has 0 saturated carbocycles. The van der Waals surface area contributed by atoms with Gasteiger partial charge in [-0.15, -0.1) is 0 Å². The molecule has 1 aliphatic carbocycles. The maximum atomic E-state index is 11.7. The quantitative estimate of drug-likeness (QED) is 0.803. The molecule has 1 aromatic rings. The predicted octanol–water partition coefficient (Wildman–Crippen LogP) is 0.969. The topological polar surface area (TPSA) is 57.8 Å². The summed E-state index contributed by atoms with van der Waals surface area (Å²) in [5, 5.41) is 12.0. The minimum Gasteiger partial charge on any atom is -0.313 e. The average molecular weight is 217 g/mol. The highest BCUT2D eigenvalue weighted by molar-refractivity contribution is 5.27. The van der Waals surface area contributed by atoms with Crippen LogP contribution in [0.3, 0.4) is 0 Å². The van der Waals surface area contributed by atoms with Crippen LogP contribution >= 0.6 is 0 Å². The molecule has 0 spiro atoms. The molecule has 0 fully saturated rings. The van der Waals surface area contributed by atoms with E-state index >= 15 is 0 Å². The monoisotopic (exact) mass is 217 g/mol. The van der Waals surface area contributed by atoms with E-state index < -0.39 is 0 Å². The van der Waals surface area contributed by atoms with Gasteiger partial charge in [0.2, 0.25) is 0 Å². The summed E-state index contributed by atoms with van der Waals surface area (Å²) in [7, 11) is 1.93. The van der Waals surface area contributed by atoms with Gasteiger partial charge in [-0.2, -0.15) is 5.26 Å². The van der Waals surface area contributed by atoms with Crippen LogP contribution in [0.5, 0.6) is 0 Å². The molecule has 84 valence electrons. The third-order valence-corrected chi connectivity index (χ3v) is 3.19. The Balaban J connectivity index is 2.55. The van der Waals surface area contributed by atoms with Crippen LogP contribution in [0.2, 0.25) is 0 Å². The van der Waals surface area contributed by atoms with Crippen LogP contribution in [0.15, 0.2) is 16.9 Å². The Morgan fingerprint density at radius 2 is 2.44 bits per heavy atom. The number of fused-ring (bicyclic) bond motifs is 1. The number of nitrogens with zero attached hydrogens (tertiary/aromatic N) is 2. The van der Waals surface area contributed by atoms with Crippen molar-refractivity contribution in [2.75, 3.05) is 7.05 Å². The van der Waals surface area contributed by atoms with Crippen LogP contribution in [0.1, 0.15) is 30.1 Å². The van der Waals surface area contributed by atoms with Crippen molar-refractivity contribution < 1.29 is 0 Å². The second kappa shape index (κ2) is 4.50. The number of nitrogens with one attached hydrogen (secondary N) is 1. The van der Waals surface area contributed by atoms with E-state index in [0.717, 1.165) is 25.0 Å². The van der Waals surface area contributed by atoms with E-state index in [1.807, 2.05) is 13.1 Å². The van der Waals surface area contributed by atoms with Gasteiger partial charge in [-0.25, -0.2) is 0 Å². The van der Waals surface area contributed by atoms with Gasteiger partial charge in [0.1, 0.15) is 6.54 Å². The van der Waals surface area contributed by atoms with Gasteiger partial charge in [-0.1, -0.05) is 6.07 Å². The van der Waals surface area contributed by atoms with Gasteiger partial charge in [0.25, 0.3) is 5.56 Å². The average Bonchev–Trinajstić information content (AvgIpc) is 2.32. The minimum absolute atomic E-state index is 0.0722. The molecule has 1 atom stereocenters. The Kier molecular flexibility index (Phi) is 3.07. The third kappa shape index (κ3) is 1.74. The van der Waals surface area contributed by atoms with Gasteiger partial charge in [0.05, 0.1) is 6.07 Å². The first-order chi connectivity index (χ1) is 7.77. The third-order valence-electron chi connectivity index (χ3n) is 3.19. The summed E-state index contributed by atoms with van der Waals surface area (Å²) in [6, 6.07) is 5.82. The molecule has 0 aromatic carbocycles. The van der Waals surface area contributed by atoms with E-state index in [4.69, 9.17) is 5.26 Å². The Labute approximate surface area is 94.5 Å². The van der Waals surface area contributed by atoms with Crippen LogP contribution in [0, 0.1) is 11.3 Å². The van der Waals surface area contributed by atoms with Crippen LogP contribution in [-0.2, 0) is 13.0 Å². The van der Waals surface area contributed by atoms with Crippen molar-refractivity contribution in [1.82, 2.24) is 9.88 Å². The Morgan fingerprint density at radius 3 is 3.12 bits per heavy atom. The summed E-state index contributed by atoms with van der Waals surface area (Å²) in [6.45, 7) is 0.151. The Hall–Kier alpha value is -1.60. The zero-order valence-corrected chi connectivity index (χ0v) is 9.36. The number of rotatable bonds is 2. The number of pyridine rings is 1. The summed E-state index contributed by atoms with van der Waals surface area (Å²) < 4.78 is 1.60. The second-order valence-corrected chi connectivity index (χ2v) is 4.05. The molecule has 0 aliphatic heterocycles. The molecule has 1 aliphatic rings. The number of aromatic nitrogens is 1. The standard InChI is InChI=1S/C12H15N3O/c1-14-10-3-2-4-11-9(10)5-6-12(16)15(11)8-7-13/h5-6,10,14H,2-4,8H2,1H3. The molecule has 0 amide bonds. The van der Waals surface area contributed by atoms with E-state index in [1.54, 1.807) is 10.6 Å². The Bertz CT molecular complexity index is 484. The van der Waals surface area contributed by atoms with Crippen molar-refractivity contribution in [2.45, 2.75) is 31.8 Å². The molecule has 4 heteroatoms. The summed E-state index contributed by atoms with van der Waals surface area (Å²) in [6.07, 6.45) is 3.05. The van der Waals surface area contributed by atoms with E-state index in [9.17, 15) is 4.79 Å². The first kappa shape index (κ1) is 10.9. The van der Waals surface area contributed by atoms with Gasteiger partial charge in [-0.05, 0) is 31.9 Å². The Morgan fingerprint density at radius 1 is 1.62 bits per heavy atom. The van der Waals surface area contributed by atoms with Crippen molar-refractivity contribution in [3.8, 4) is 6.07 Å².